The van der Waals surface area contributed by atoms with Gasteiger partial charge in [0.2, 0.25) is 0 Å². The molecule has 76 valence electrons. The third-order valence-corrected chi connectivity index (χ3v) is 2.07. The number of ether oxygens (including phenoxy) is 1. The van der Waals surface area contributed by atoms with Crippen LogP contribution < -0.4 is 0 Å². The Balaban J connectivity index is 2.72. The third kappa shape index (κ3) is 3.38. The van der Waals surface area contributed by atoms with Crippen molar-refractivity contribution >= 4 is 17.6 Å². The van der Waals surface area contributed by atoms with Crippen molar-refractivity contribution in [2.24, 2.45) is 0 Å². The fourth-order valence-electron chi connectivity index (χ4n) is 1.26. The number of halogens is 1. The number of hydrogen-bond acceptors (Lipinski definition) is 2. The number of carbonyl (C=O) groups excluding carboxylic acids is 1. The zero-order valence-corrected chi connectivity index (χ0v) is 8.83. The van der Waals surface area contributed by atoms with Gasteiger partial charge in [-0.05, 0) is 5.56 Å². The van der Waals surface area contributed by atoms with Crippen LogP contribution in [-0.2, 0) is 9.53 Å². The molecule has 3 heteroatoms. The van der Waals surface area contributed by atoms with E-state index >= 15 is 0 Å². The average Bonchev–Trinajstić information content (AvgIpc) is 2.18. The van der Waals surface area contributed by atoms with Crippen molar-refractivity contribution < 1.29 is 9.53 Å². The molecule has 1 atom stereocenters. The van der Waals surface area contributed by atoms with Crippen LogP contribution in [0.1, 0.15) is 25.0 Å². The van der Waals surface area contributed by atoms with Crippen LogP contribution >= 0.6 is 11.6 Å². The summed E-state index contributed by atoms with van der Waals surface area (Å²) in [6.45, 7) is 1.41. The Labute approximate surface area is 88.8 Å². The predicted molar refractivity (Wildman–Crippen MR) is 56.3 cm³/mol. The van der Waals surface area contributed by atoms with Gasteiger partial charge in [-0.15, -0.1) is 11.6 Å². The topological polar surface area (TPSA) is 26.3 Å². The van der Waals surface area contributed by atoms with Gasteiger partial charge in [-0.1, -0.05) is 30.3 Å². The number of esters is 1. The van der Waals surface area contributed by atoms with Gasteiger partial charge in [-0.3, -0.25) is 4.79 Å². The van der Waals surface area contributed by atoms with Crippen LogP contribution in [0.5, 0.6) is 0 Å². The Morgan fingerprint density at radius 3 is 2.57 bits per heavy atom. The van der Waals surface area contributed by atoms with E-state index in [0.717, 1.165) is 5.56 Å². The summed E-state index contributed by atoms with van der Waals surface area (Å²) in [7, 11) is 0. The van der Waals surface area contributed by atoms with E-state index in [0.29, 0.717) is 12.3 Å². The first-order valence-electron chi connectivity index (χ1n) is 4.52. The molecular weight excluding hydrogens is 200 g/mol. The van der Waals surface area contributed by atoms with Gasteiger partial charge in [0.15, 0.2) is 0 Å². The first-order valence-corrected chi connectivity index (χ1v) is 5.05. The monoisotopic (exact) mass is 212 g/mol. The van der Waals surface area contributed by atoms with E-state index in [4.69, 9.17) is 16.3 Å². The molecule has 0 spiro atoms. The van der Waals surface area contributed by atoms with Gasteiger partial charge >= 0.3 is 5.97 Å². The Kier molecular flexibility index (Phi) is 4.47. The summed E-state index contributed by atoms with van der Waals surface area (Å²) in [6, 6.07) is 9.62. The molecule has 0 aliphatic heterocycles. The Morgan fingerprint density at radius 1 is 1.43 bits per heavy atom. The smallest absolute Gasteiger partial charge is 0.303 e. The number of benzene rings is 1. The van der Waals surface area contributed by atoms with Crippen molar-refractivity contribution in [2.75, 3.05) is 5.88 Å². The molecule has 14 heavy (non-hydrogen) atoms. The number of alkyl halides is 1. The molecule has 0 aliphatic carbocycles. The highest BCUT2D eigenvalue weighted by molar-refractivity contribution is 6.17. The number of carbonyl (C=O) groups is 1. The average molecular weight is 213 g/mol. The minimum Gasteiger partial charge on any atom is -0.458 e. The normalized spacial score (nSPS) is 12.1. The predicted octanol–water partition coefficient (Wildman–Crippen LogP) is 2.92. The summed E-state index contributed by atoms with van der Waals surface area (Å²) in [5, 5.41) is 0. The Morgan fingerprint density at radius 2 is 2.07 bits per heavy atom. The second-order valence-electron chi connectivity index (χ2n) is 2.99. The fourth-order valence-corrected chi connectivity index (χ4v) is 1.46. The molecule has 0 aromatic heterocycles. The van der Waals surface area contributed by atoms with Gasteiger partial charge < -0.3 is 4.74 Å². The molecule has 1 aromatic carbocycles. The highest BCUT2D eigenvalue weighted by Gasteiger charge is 2.12. The lowest BCUT2D eigenvalue weighted by atomic mass is 10.1. The molecule has 0 bridgehead atoms. The maximum atomic E-state index is 10.8. The van der Waals surface area contributed by atoms with Gasteiger partial charge in [-0.25, -0.2) is 0 Å². The van der Waals surface area contributed by atoms with E-state index in [1.165, 1.54) is 6.92 Å². The third-order valence-electron chi connectivity index (χ3n) is 1.85. The Bertz CT molecular complexity index is 285. The van der Waals surface area contributed by atoms with Gasteiger partial charge in [-0.2, -0.15) is 0 Å². The molecule has 0 radical (unpaired) electrons. The van der Waals surface area contributed by atoms with Crippen molar-refractivity contribution in [1.82, 2.24) is 0 Å². The summed E-state index contributed by atoms with van der Waals surface area (Å²) < 4.78 is 5.15. The first-order chi connectivity index (χ1) is 6.74. The first kappa shape index (κ1) is 11.1. The molecule has 0 aliphatic rings. The van der Waals surface area contributed by atoms with Crippen LogP contribution in [-0.4, -0.2) is 11.8 Å². The van der Waals surface area contributed by atoms with Crippen LogP contribution in [0.4, 0.5) is 0 Å². The standard InChI is InChI=1S/C11H13ClO2/c1-9(13)14-11(7-8-12)10-5-3-2-4-6-10/h2-6,11H,7-8H2,1H3. The van der Waals surface area contributed by atoms with Gasteiger partial charge in [0.25, 0.3) is 0 Å². The molecule has 0 saturated heterocycles. The second-order valence-corrected chi connectivity index (χ2v) is 3.36. The van der Waals surface area contributed by atoms with Crippen molar-refractivity contribution in [1.29, 1.82) is 0 Å². The lowest BCUT2D eigenvalue weighted by molar-refractivity contribution is -0.146. The molecule has 0 saturated carbocycles. The largest absolute Gasteiger partial charge is 0.458 e. The minimum atomic E-state index is -0.274. The van der Waals surface area contributed by atoms with E-state index in [2.05, 4.69) is 0 Å². The molecule has 1 rings (SSSR count). The zero-order valence-electron chi connectivity index (χ0n) is 8.07. The quantitative estimate of drug-likeness (QED) is 0.567. The summed E-state index contributed by atoms with van der Waals surface area (Å²) in [5.74, 6) is 0.205. The van der Waals surface area contributed by atoms with Crippen molar-refractivity contribution in [3.8, 4) is 0 Å². The molecule has 0 fully saturated rings. The van der Waals surface area contributed by atoms with Crippen LogP contribution in [0.3, 0.4) is 0 Å². The molecule has 0 heterocycles. The molecule has 2 nitrogen and oxygen atoms in total. The van der Waals surface area contributed by atoms with Crippen LogP contribution in [0.15, 0.2) is 30.3 Å². The number of rotatable bonds is 4. The van der Waals surface area contributed by atoms with Crippen LogP contribution in [0.25, 0.3) is 0 Å². The lowest BCUT2D eigenvalue weighted by Gasteiger charge is -2.15. The van der Waals surface area contributed by atoms with E-state index < -0.39 is 0 Å². The molecular formula is C11H13ClO2. The SMILES string of the molecule is CC(=O)OC(CCCl)c1ccccc1. The van der Waals surface area contributed by atoms with Crippen LogP contribution in [0.2, 0.25) is 0 Å². The van der Waals surface area contributed by atoms with Crippen LogP contribution in [0, 0.1) is 0 Å². The lowest BCUT2D eigenvalue weighted by Crippen LogP contribution is -2.08. The fraction of sp³-hybridized carbons (Fsp3) is 0.364. The van der Waals surface area contributed by atoms with Crippen molar-refractivity contribution in [2.45, 2.75) is 19.4 Å². The number of hydrogen-bond donors (Lipinski definition) is 0. The summed E-state index contributed by atoms with van der Waals surface area (Å²) in [4.78, 5) is 10.8. The zero-order chi connectivity index (χ0) is 10.4. The van der Waals surface area contributed by atoms with Gasteiger partial charge in [0, 0.05) is 19.2 Å². The van der Waals surface area contributed by atoms with Crippen molar-refractivity contribution in [3.05, 3.63) is 35.9 Å². The summed E-state index contributed by atoms with van der Waals surface area (Å²) >= 11 is 5.64. The van der Waals surface area contributed by atoms with E-state index in [9.17, 15) is 4.79 Å². The van der Waals surface area contributed by atoms with Gasteiger partial charge in [0.05, 0.1) is 0 Å². The second kappa shape index (κ2) is 5.66. The highest BCUT2D eigenvalue weighted by atomic mass is 35.5. The van der Waals surface area contributed by atoms with Gasteiger partial charge in [0.1, 0.15) is 6.10 Å². The summed E-state index contributed by atoms with van der Waals surface area (Å²) in [5.41, 5.74) is 0.989. The maximum Gasteiger partial charge on any atom is 0.303 e. The van der Waals surface area contributed by atoms with E-state index in [1.807, 2.05) is 30.3 Å². The van der Waals surface area contributed by atoms with E-state index in [1.54, 1.807) is 0 Å². The maximum absolute atomic E-state index is 10.8. The molecule has 1 aromatic rings. The minimum absolute atomic E-state index is 0.216. The summed E-state index contributed by atoms with van der Waals surface area (Å²) in [6.07, 6.45) is 0.428. The molecule has 0 amide bonds. The molecule has 1 unspecified atom stereocenters. The Hall–Kier alpha value is -1.02. The van der Waals surface area contributed by atoms with E-state index in [-0.39, 0.29) is 12.1 Å². The molecule has 0 N–H and O–H groups in total. The highest BCUT2D eigenvalue weighted by Crippen LogP contribution is 2.21. The van der Waals surface area contributed by atoms with Crippen molar-refractivity contribution in [3.63, 3.8) is 0 Å².